The number of carbonyl (C=O) groups is 2. The van der Waals surface area contributed by atoms with Gasteiger partial charge in [0, 0.05) is 0 Å². The molecule has 7 heteroatoms. The SMILES string of the molecule is C/C(=C\CCC(Nc1ccccc1C(=O)O)Nc1ccccc1C(=O)O)CCCC(C)(C)O. The third-order valence-electron chi connectivity index (χ3n) is 5.28. The summed E-state index contributed by atoms with van der Waals surface area (Å²) in [6.45, 7) is 5.66. The first kappa shape index (κ1) is 25.9. The number of hydrogen-bond donors (Lipinski definition) is 5. The molecule has 7 nitrogen and oxygen atoms in total. The first-order valence-corrected chi connectivity index (χ1v) is 11.1. The van der Waals surface area contributed by atoms with Crippen LogP contribution in [-0.2, 0) is 0 Å². The van der Waals surface area contributed by atoms with Crippen LogP contribution < -0.4 is 10.6 Å². The van der Waals surface area contributed by atoms with E-state index in [1.165, 1.54) is 17.7 Å². The Morgan fingerprint density at radius 3 is 1.88 bits per heavy atom. The van der Waals surface area contributed by atoms with E-state index in [0.29, 0.717) is 24.2 Å². The van der Waals surface area contributed by atoms with Crippen molar-refractivity contribution >= 4 is 23.3 Å². The lowest BCUT2D eigenvalue weighted by Gasteiger charge is -2.24. The fraction of sp³-hybridized carbons (Fsp3) is 0.385. The zero-order valence-electron chi connectivity index (χ0n) is 19.5. The Hall–Kier alpha value is -3.32. The molecule has 2 rings (SSSR count). The fourth-order valence-corrected chi connectivity index (χ4v) is 3.55. The lowest BCUT2D eigenvalue weighted by Crippen LogP contribution is -2.30. The van der Waals surface area contributed by atoms with Crippen molar-refractivity contribution in [3.05, 3.63) is 71.3 Å². The monoisotopic (exact) mass is 454 g/mol. The molecule has 0 aliphatic carbocycles. The maximum Gasteiger partial charge on any atom is 0.337 e. The Bertz CT molecular complexity index is 919. The predicted octanol–water partition coefficient (Wildman–Crippen LogP) is 5.60. The van der Waals surface area contributed by atoms with Gasteiger partial charge >= 0.3 is 11.9 Å². The van der Waals surface area contributed by atoms with Crippen LogP contribution in [0.15, 0.2) is 60.2 Å². The molecule has 0 aliphatic heterocycles. The van der Waals surface area contributed by atoms with Crippen LogP contribution in [0.2, 0.25) is 0 Å². The quantitative estimate of drug-likeness (QED) is 0.197. The number of aromatic carboxylic acids is 2. The largest absolute Gasteiger partial charge is 0.478 e. The van der Waals surface area contributed by atoms with Crippen molar-refractivity contribution in [2.24, 2.45) is 0 Å². The molecule has 0 saturated heterocycles. The summed E-state index contributed by atoms with van der Waals surface area (Å²) in [6, 6.07) is 13.3. The van der Waals surface area contributed by atoms with Gasteiger partial charge < -0.3 is 26.0 Å². The van der Waals surface area contributed by atoms with Crippen LogP contribution in [0.3, 0.4) is 0 Å². The van der Waals surface area contributed by atoms with E-state index >= 15 is 0 Å². The number of nitrogens with one attached hydrogen (secondary N) is 2. The molecule has 2 aromatic rings. The minimum absolute atomic E-state index is 0.147. The topological polar surface area (TPSA) is 119 Å². The number of benzene rings is 2. The Kier molecular flexibility index (Phi) is 9.48. The molecule has 0 bridgehead atoms. The number of rotatable bonds is 13. The molecule has 0 atom stereocenters. The highest BCUT2D eigenvalue weighted by Crippen LogP contribution is 2.22. The van der Waals surface area contributed by atoms with Crippen molar-refractivity contribution in [3.8, 4) is 0 Å². The number of carboxylic acids is 2. The van der Waals surface area contributed by atoms with Gasteiger partial charge in [-0.3, -0.25) is 0 Å². The summed E-state index contributed by atoms with van der Waals surface area (Å²) < 4.78 is 0. The molecule has 0 radical (unpaired) electrons. The van der Waals surface area contributed by atoms with Crippen LogP contribution in [0, 0.1) is 0 Å². The van der Waals surface area contributed by atoms with Gasteiger partial charge in [-0.1, -0.05) is 35.9 Å². The van der Waals surface area contributed by atoms with Crippen molar-refractivity contribution in [1.82, 2.24) is 0 Å². The van der Waals surface area contributed by atoms with Crippen LogP contribution in [-0.4, -0.2) is 39.0 Å². The van der Waals surface area contributed by atoms with Gasteiger partial charge in [-0.15, -0.1) is 0 Å². The smallest absolute Gasteiger partial charge is 0.337 e. The molecule has 178 valence electrons. The highest BCUT2D eigenvalue weighted by molar-refractivity contribution is 5.95. The number of para-hydroxylation sites is 2. The Morgan fingerprint density at radius 2 is 1.42 bits per heavy atom. The molecule has 33 heavy (non-hydrogen) atoms. The third-order valence-corrected chi connectivity index (χ3v) is 5.28. The van der Waals surface area contributed by atoms with Gasteiger partial charge in [0.05, 0.1) is 34.3 Å². The van der Waals surface area contributed by atoms with Crippen molar-refractivity contribution in [2.45, 2.75) is 64.6 Å². The van der Waals surface area contributed by atoms with Gasteiger partial charge in [-0.2, -0.15) is 0 Å². The number of allylic oxidation sites excluding steroid dienone is 2. The molecular weight excluding hydrogens is 420 g/mol. The van der Waals surface area contributed by atoms with Gasteiger partial charge in [-0.25, -0.2) is 9.59 Å². The van der Waals surface area contributed by atoms with Crippen LogP contribution in [0.1, 0.15) is 73.6 Å². The molecule has 0 spiro atoms. The van der Waals surface area contributed by atoms with E-state index in [0.717, 1.165) is 19.3 Å². The molecular formula is C26H34N2O5. The first-order valence-electron chi connectivity index (χ1n) is 11.1. The maximum atomic E-state index is 11.6. The second kappa shape index (κ2) is 12.1. The van der Waals surface area contributed by atoms with E-state index in [4.69, 9.17) is 0 Å². The molecule has 0 aliphatic rings. The van der Waals surface area contributed by atoms with Gasteiger partial charge in [0.2, 0.25) is 0 Å². The predicted molar refractivity (Wildman–Crippen MR) is 131 cm³/mol. The minimum atomic E-state index is -1.04. The van der Waals surface area contributed by atoms with Crippen molar-refractivity contribution in [2.75, 3.05) is 10.6 Å². The number of anilines is 2. The molecule has 0 aromatic heterocycles. The van der Waals surface area contributed by atoms with E-state index in [-0.39, 0.29) is 11.1 Å². The van der Waals surface area contributed by atoms with Gasteiger partial charge in [0.1, 0.15) is 0 Å². The first-order chi connectivity index (χ1) is 15.6. The lowest BCUT2D eigenvalue weighted by atomic mass is 9.99. The maximum absolute atomic E-state index is 11.6. The lowest BCUT2D eigenvalue weighted by molar-refractivity contribution is 0.0684. The number of carboxylic acid groups (broad SMARTS) is 2. The Labute approximate surface area is 195 Å². The van der Waals surface area contributed by atoms with Gasteiger partial charge in [0.15, 0.2) is 0 Å². The van der Waals surface area contributed by atoms with E-state index in [9.17, 15) is 24.9 Å². The van der Waals surface area contributed by atoms with Gasteiger partial charge in [0.25, 0.3) is 0 Å². The fourth-order valence-electron chi connectivity index (χ4n) is 3.55. The average Bonchev–Trinajstić information content (AvgIpc) is 2.73. The molecule has 2 aromatic carbocycles. The summed E-state index contributed by atoms with van der Waals surface area (Å²) in [5, 5.41) is 35.3. The molecule has 0 fully saturated rings. The van der Waals surface area contributed by atoms with Crippen LogP contribution in [0.25, 0.3) is 0 Å². The standard InChI is InChI=1S/C26H34N2O5/c1-18(11-9-17-26(2,3)33)10-8-16-23(27-21-14-6-4-12-19(21)24(29)30)28-22-15-7-5-13-20(22)25(31)32/h4-7,10,12-15,23,27-28,33H,8-9,11,16-17H2,1-3H3,(H,29,30)(H,31,32)/b18-10+. The van der Waals surface area contributed by atoms with Crippen LogP contribution >= 0.6 is 0 Å². The number of aliphatic hydroxyl groups is 1. The summed E-state index contributed by atoms with van der Waals surface area (Å²) in [6.07, 6.45) is 5.55. The molecule has 0 amide bonds. The average molecular weight is 455 g/mol. The summed E-state index contributed by atoms with van der Waals surface area (Å²) >= 11 is 0. The van der Waals surface area contributed by atoms with Gasteiger partial charge in [-0.05, 0) is 77.1 Å². The number of hydrogen-bond acceptors (Lipinski definition) is 5. The second-order valence-corrected chi connectivity index (χ2v) is 8.84. The highest BCUT2D eigenvalue weighted by Gasteiger charge is 2.17. The van der Waals surface area contributed by atoms with E-state index in [1.807, 2.05) is 0 Å². The Balaban J connectivity index is 2.15. The van der Waals surface area contributed by atoms with E-state index in [2.05, 4.69) is 23.6 Å². The van der Waals surface area contributed by atoms with Crippen LogP contribution in [0.5, 0.6) is 0 Å². The summed E-state index contributed by atoms with van der Waals surface area (Å²) in [4.78, 5) is 23.2. The molecule has 0 unspecified atom stereocenters. The summed E-state index contributed by atoms with van der Waals surface area (Å²) in [7, 11) is 0. The summed E-state index contributed by atoms with van der Waals surface area (Å²) in [5.41, 5.74) is 1.76. The zero-order chi connectivity index (χ0) is 24.4. The van der Waals surface area contributed by atoms with E-state index in [1.54, 1.807) is 50.2 Å². The summed E-state index contributed by atoms with van der Waals surface area (Å²) in [5.74, 6) is -2.07. The van der Waals surface area contributed by atoms with Crippen molar-refractivity contribution in [1.29, 1.82) is 0 Å². The minimum Gasteiger partial charge on any atom is -0.478 e. The molecule has 0 saturated carbocycles. The zero-order valence-corrected chi connectivity index (χ0v) is 19.5. The molecule has 0 heterocycles. The molecule has 5 N–H and O–H groups in total. The van der Waals surface area contributed by atoms with Crippen molar-refractivity contribution < 1.29 is 24.9 Å². The van der Waals surface area contributed by atoms with Crippen LogP contribution in [0.4, 0.5) is 11.4 Å². The van der Waals surface area contributed by atoms with Crippen molar-refractivity contribution in [3.63, 3.8) is 0 Å². The Morgan fingerprint density at radius 1 is 0.939 bits per heavy atom. The normalized spacial score (nSPS) is 12.0. The second-order valence-electron chi connectivity index (χ2n) is 8.84. The van der Waals surface area contributed by atoms with E-state index < -0.39 is 23.7 Å². The highest BCUT2D eigenvalue weighted by atomic mass is 16.4. The third kappa shape index (κ3) is 8.98.